The molecule has 2 N–H and O–H groups in total. The molecule has 0 aliphatic heterocycles. The lowest BCUT2D eigenvalue weighted by atomic mass is 10.1. The maximum atomic E-state index is 12.9. The molecule has 1 atom stereocenters. The van der Waals surface area contributed by atoms with E-state index in [1.54, 1.807) is 38.1 Å². The van der Waals surface area contributed by atoms with Crippen LogP contribution < -0.4 is 14.8 Å². The number of ether oxygens (including phenoxy) is 1. The van der Waals surface area contributed by atoms with Crippen LogP contribution >= 0.6 is 0 Å². The first kappa shape index (κ1) is 22.5. The number of hydrogen-bond donors (Lipinski definition) is 2. The molecule has 0 heterocycles. The van der Waals surface area contributed by atoms with Crippen molar-refractivity contribution in [3.8, 4) is 11.5 Å². The number of amides is 1. The molecule has 3 rings (SSSR count). The number of anilines is 1. The molecule has 0 saturated heterocycles. The molecule has 3 aromatic carbocycles. The molecule has 162 valence electrons. The van der Waals surface area contributed by atoms with E-state index in [0.29, 0.717) is 28.3 Å². The van der Waals surface area contributed by atoms with E-state index in [4.69, 9.17) is 4.74 Å². The first-order valence-electron chi connectivity index (χ1n) is 9.90. The van der Waals surface area contributed by atoms with Crippen molar-refractivity contribution in [2.75, 3.05) is 5.32 Å². The third kappa shape index (κ3) is 5.71. The molecular formula is C24H26N2O4S. The van der Waals surface area contributed by atoms with Crippen LogP contribution in [0.15, 0.2) is 71.6 Å². The summed E-state index contributed by atoms with van der Waals surface area (Å²) in [6.07, 6.45) is 0. The van der Waals surface area contributed by atoms with Crippen LogP contribution in [0.3, 0.4) is 0 Å². The molecule has 7 heteroatoms. The summed E-state index contributed by atoms with van der Waals surface area (Å²) >= 11 is 0. The lowest BCUT2D eigenvalue weighted by Gasteiger charge is -2.17. The predicted molar refractivity (Wildman–Crippen MR) is 122 cm³/mol. The number of rotatable bonds is 7. The zero-order valence-electron chi connectivity index (χ0n) is 18.0. The summed E-state index contributed by atoms with van der Waals surface area (Å²) in [5, 5.41) is 2.72. The average Bonchev–Trinajstić information content (AvgIpc) is 2.68. The zero-order valence-corrected chi connectivity index (χ0v) is 18.8. The zero-order chi connectivity index (χ0) is 22.6. The van der Waals surface area contributed by atoms with E-state index >= 15 is 0 Å². The minimum Gasteiger partial charge on any atom is -0.457 e. The van der Waals surface area contributed by atoms with E-state index < -0.39 is 22.0 Å². The molecule has 0 aliphatic rings. The highest BCUT2D eigenvalue weighted by molar-refractivity contribution is 7.89. The molecule has 3 aromatic rings. The summed E-state index contributed by atoms with van der Waals surface area (Å²) in [6.45, 7) is 6.92. The molecule has 0 spiro atoms. The maximum Gasteiger partial charge on any atom is 0.242 e. The van der Waals surface area contributed by atoms with Gasteiger partial charge in [0.05, 0.1) is 10.9 Å². The minimum atomic E-state index is -3.85. The molecular weight excluding hydrogens is 412 g/mol. The van der Waals surface area contributed by atoms with Crippen LogP contribution in [-0.4, -0.2) is 20.4 Å². The van der Waals surface area contributed by atoms with Gasteiger partial charge < -0.3 is 10.1 Å². The van der Waals surface area contributed by atoms with Crippen molar-refractivity contribution in [1.82, 2.24) is 4.72 Å². The van der Waals surface area contributed by atoms with Crippen molar-refractivity contribution >= 4 is 21.6 Å². The Balaban J connectivity index is 1.65. The Hall–Kier alpha value is -3.16. The largest absolute Gasteiger partial charge is 0.457 e. The van der Waals surface area contributed by atoms with Crippen LogP contribution in [0.25, 0.3) is 0 Å². The second kappa shape index (κ2) is 9.32. The lowest BCUT2D eigenvalue weighted by molar-refractivity contribution is -0.117. The van der Waals surface area contributed by atoms with Gasteiger partial charge in [-0.05, 0) is 75.2 Å². The van der Waals surface area contributed by atoms with Crippen molar-refractivity contribution in [3.05, 3.63) is 83.4 Å². The summed E-state index contributed by atoms with van der Waals surface area (Å²) in [7, 11) is -3.85. The molecule has 0 aromatic heterocycles. The van der Waals surface area contributed by atoms with Gasteiger partial charge in [0.2, 0.25) is 15.9 Å². The fourth-order valence-corrected chi connectivity index (χ4v) is 5.07. The van der Waals surface area contributed by atoms with Crippen LogP contribution in [0.1, 0.15) is 23.6 Å². The number of aryl methyl sites for hydroxylation is 3. The summed E-state index contributed by atoms with van der Waals surface area (Å²) in [5.74, 6) is 0.884. The smallest absolute Gasteiger partial charge is 0.242 e. The molecule has 1 amide bonds. The van der Waals surface area contributed by atoms with E-state index in [0.717, 1.165) is 5.56 Å². The number of benzene rings is 3. The summed E-state index contributed by atoms with van der Waals surface area (Å²) in [5.41, 5.74) is 2.82. The van der Waals surface area contributed by atoms with Crippen LogP contribution in [-0.2, 0) is 14.8 Å². The van der Waals surface area contributed by atoms with E-state index in [2.05, 4.69) is 10.0 Å². The van der Waals surface area contributed by atoms with Gasteiger partial charge in [0.15, 0.2) is 0 Å². The number of nitrogens with one attached hydrogen (secondary N) is 2. The van der Waals surface area contributed by atoms with Crippen LogP contribution in [0, 0.1) is 20.8 Å². The highest BCUT2D eigenvalue weighted by Gasteiger charge is 2.25. The standard InChI is InChI=1S/C24H26N2O4S/c1-16-14-17(2)23(18(3)15-16)31(28,29)26-19(4)24(27)25-20-10-12-22(13-11-20)30-21-8-6-5-7-9-21/h5-15,19,26H,1-4H3,(H,25,27). The first-order chi connectivity index (χ1) is 14.7. The summed E-state index contributed by atoms with van der Waals surface area (Å²) < 4.78 is 33.9. The van der Waals surface area contributed by atoms with Crippen molar-refractivity contribution in [3.63, 3.8) is 0 Å². The van der Waals surface area contributed by atoms with Crippen LogP contribution in [0.5, 0.6) is 11.5 Å². The van der Waals surface area contributed by atoms with Gasteiger partial charge in [0.1, 0.15) is 11.5 Å². The van der Waals surface area contributed by atoms with Crippen LogP contribution in [0.2, 0.25) is 0 Å². The number of hydrogen-bond acceptors (Lipinski definition) is 4. The predicted octanol–water partition coefficient (Wildman–Crippen LogP) is 4.71. The Morgan fingerprint density at radius 1 is 0.871 bits per heavy atom. The number of carbonyl (C=O) groups is 1. The summed E-state index contributed by atoms with van der Waals surface area (Å²) in [6, 6.07) is 18.9. The van der Waals surface area contributed by atoms with Gasteiger partial charge in [-0.25, -0.2) is 8.42 Å². The molecule has 0 radical (unpaired) electrons. The molecule has 0 fully saturated rings. The van der Waals surface area contributed by atoms with E-state index in [9.17, 15) is 13.2 Å². The monoisotopic (exact) mass is 438 g/mol. The molecule has 6 nitrogen and oxygen atoms in total. The quantitative estimate of drug-likeness (QED) is 0.560. The molecule has 0 saturated carbocycles. The fourth-order valence-electron chi connectivity index (χ4n) is 3.42. The van der Waals surface area contributed by atoms with Crippen molar-refractivity contribution in [2.45, 2.75) is 38.6 Å². The minimum absolute atomic E-state index is 0.208. The number of para-hydroxylation sites is 1. The Labute approximate surface area is 183 Å². The molecule has 1 unspecified atom stereocenters. The fraction of sp³-hybridized carbons (Fsp3) is 0.208. The van der Waals surface area contributed by atoms with Gasteiger partial charge in [-0.1, -0.05) is 35.9 Å². The first-order valence-corrected chi connectivity index (χ1v) is 11.4. The Bertz CT molecular complexity index is 1150. The Kier molecular flexibility index (Phi) is 6.77. The highest BCUT2D eigenvalue weighted by atomic mass is 32.2. The van der Waals surface area contributed by atoms with E-state index in [1.807, 2.05) is 49.4 Å². The van der Waals surface area contributed by atoms with Crippen molar-refractivity contribution in [1.29, 1.82) is 0 Å². The lowest BCUT2D eigenvalue weighted by Crippen LogP contribution is -2.41. The van der Waals surface area contributed by atoms with Crippen molar-refractivity contribution in [2.24, 2.45) is 0 Å². The average molecular weight is 439 g/mol. The van der Waals surface area contributed by atoms with Gasteiger partial charge >= 0.3 is 0 Å². The van der Waals surface area contributed by atoms with Gasteiger partial charge in [-0.15, -0.1) is 0 Å². The molecule has 0 aliphatic carbocycles. The van der Waals surface area contributed by atoms with E-state index in [1.165, 1.54) is 6.92 Å². The Morgan fingerprint density at radius 3 is 2.00 bits per heavy atom. The second-order valence-corrected chi connectivity index (χ2v) is 9.15. The van der Waals surface area contributed by atoms with Gasteiger partial charge in [0.25, 0.3) is 0 Å². The topological polar surface area (TPSA) is 84.5 Å². The Morgan fingerprint density at radius 2 is 1.42 bits per heavy atom. The van der Waals surface area contributed by atoms with Gasteiger partial charge in [0, 0.05) is 5.69 Å². The number of sulfonamides is 1. The van der Waals surface area contributed by atoms with Gasteiger partial charge in [-0.3, -0.25) is 4.79 Å². The highest BCUT2D eigenvalue weighted by Crippen LogP contribution is 2.24. The van der Waals surface area contributed by atoms with Crippen molar-refractivity contribution < 1.29 is 17.9 Å². The van der Waals surface area contributed by atoms with Crippen LogP contribution in [0.4, 0.5) is 5.69 Å². The molecule has 0 bridgehead atoms. The second-order valence-electron chi connectivity index (χ2n) is 7.50. The van der Waals surface area contributed by atoms with E-state index in [-0.39, 0.29) is 4.90 Å². The normalized spacial score (nSPS) is 12.3. The van der Waals surface area contributed by atoms with Gasteiger partial charge in [-0.2, -0.15) is 4.72 Å². The SMILES string of the molecule is Cc1cc(C)c(S(=O)(=O)NC(C)C(=O)Nc2ccc(Oc3ccccc3)cc2)c(C)c1. The third-order valence-corrected chi connectivity index (χ3v) is 6.54. The number of carbonyl (C=O) groups excluding carboxylic acids is 1. The molecule has 31 heavy (non-hydrogen) atoms. The summed E-state index contributed by atoms with van der Waals surface area (Å²) in [4.78, 5) is 12.8. The maximum absolute atomic E-state index is 12.9. The third-order valence-electron chi connectivity index (χ3n) is 4.70.